The molecule has 0 radical (unpaired) electrons. The molecule has 1 aromatic carbocycles. The third-order valence-corrected chi connectivity index (χ3v) is 2.62. The predicted octanol–water partition coefficient (Wildman–Crippen LogP) is 2.69. The minimum Gasteiger partial charge on any atom is -0.476 e. The maximum Gasteiger partial charge on any atom is 0.350 e. The maximum atomic E-state index is 12.1. The van der Waals surface area contributed by atoms with Crippen LogP contribution in [0.4, 0.5) is 0 Å². The third kappa shape index (κ3) is 5.21. The lowest BCUT2D eigenvalue weighted by Crippen LogP contribution is -2.43. The first-order valence-corrected chi connectivity index (χ1v) is 6.85. The summed E-state index contributed by atoms with van der Waals surface area (Å²) in [5.41, 5.74) is 5.10. The number of ether oxygens (including phenoxy) is 2. The summed E-state index contributed by atoms with van der Waals surface area (Å²) in [6, 6.07) is 7.59. The zero-order chi connectivity index (χ0) is 15.4. The van der Waals surface area contributed by atoms with E-state index in [-0.39, 0.29) is 5.97 Å². The molecule has 0 aromatic heterocycles. The summed E-state index contributed by atoms with van der Waals surface area (Å²) in [7, 11) is 0. The SMILES string of the molecule is CC(C)(C)OC(=O)C(C)(C)Oc1ccc(CCN)cc1. The average Bonchev–Trinajstić information content (AvgIpc) is 2.29. The Morgan fingerprint density at radius 1 is 1.10 bits per heavy atom. The third-order valence-electron chi connectivity index (χ3n) is 2.62. The number of carbonyl (C=O) groups excluding carboxylic acids is 1. The van der Waals surface area contributed by atoms with Crippen LogP contribution in [0.2, 0.25) is 0 Å². The van der Waals surface area contributed by atoms with Crippen LogP contribution in [0.5, 0.6) is 5.75 Å². The second-order valence-electron chi connectivity index (χ2n) is 6.30. The maximum absolute atomic E-state index is 12.1. The molecule has 0 saturated carbocycles. The molecule has 4 heteroatoms. The quantitative estimate of drug-likeness (QED) is 0.842. The van der Waals surface area contributed by atoms with Crippen molar-refractivity contribution in [2.24, 2.45) is 5.73 Å². The summed E-state index contributed by atoms with van der Waals surface area (Å²) < 4.78 is 11.1. The molecule has 0 aliphatic rings. The normalized spacial score (nSPS) is 12.1. The van der Waals surface area contributed by atoms with Gasteiger partial charge in [-0.2, -0.15) is 0 Å². The molecule has 0 spiro atoms. The van der Waals surface area contributed by atoms with Gasteiger partial charge in [-0.1, -0.05) is 12.1 Å². The highest BCUT2D eigenvalue weighted by Crippen LogP contribution is 2.22. The molecule has 0 amide bonds. The van der Waals surface area contributed by atoms with E-state index < -0.39 is 11.2 Å². The van der Waals surface area contributed by atoms with Crippen molar-refractivity contribution in [3.05, 3.63) is 29.8 Å². The largest absolute Gasteiger partial charge is 0.476 e. The van der Waals surface area contributed by atoms with Crippen molar-refractivity contribution >= 4 is 5.97 Å². The molecule has 112 valence electrons. The Morgan fingerprint density at radius 3 is 2.10 bits per heavy atom. The molecule has 0 saturated heterocycles. The number of esters is 1. The standard InChI is InChI=1S/C16H25NO3/c1-15(2,3)20-14(18)16(4,5)19-13-8-6-12(7-9-13)10-11-17/h6-9H,10-11,17H2,1-5H3. The highest BCUT2D eigenvalue weighted by atomic mass is 16.6. The van der Waals surface area contributed by atoms with E-state index in [1.807, 2.05) is 45.0 Å². The summed E-state index contributed by atoms with van der Waals surface area (Å²) in [6.07, 6.45) is 0.829. The van der Waals surface area contributed by atoms with Gasteiger partial charge in [0.1, 0.15) is 11.4 Å². The van der Waals surface area contributed by atoms with E-state index >= 15 is 0 Å². The van der Waals surface area contributed by atoms with Crippen molar-refractivity contribution in [1.82, 2.24) is 0 Å². The van der Waals surface area contributed by atoms with Gasteiger partial charge in [-0.3, -0.25) is 0 Å². The van der Waals surface area contributed by atoms with Gasteiger partial charge in [0.15, 0.2) is 5.60 Å². The fraction of sp³-hybridized carbons (Fsp3) is 0.562. The van der Waals surface area contributed by atoms with E-state index in [1.54, 1.807) is 13.8 Å². The van der Waals surface area contributed by atoms with Crippen molar-refractivity contribution in [2.75, 3.05) is 6.54 Å². The first-order valence-electron chi connectivity index (χ1n) is 6.85. The van der Waals surface area contributed by atoms with E-state index in [0.29, 0.717) is 12.3 Å². The summed E-state index contributed by atoms with van der Waals surface area (Å²) >= 11 is 0. The fourth-order valence-electron chi connectivity index (χ4n) is 1.63. The molecule has 1 rings (SSSR count). The van der Waals surface area contributed by atoms with Gasteiger partial charge in [0, 0.05) is 0 Å². The lowest BCUT2D eigenvalue weighted by atomic mass is 10.1. The molecule has 0 fully saturated rings. The Kier molecular flexibility index (Phi) is 5.17. The van der Waals surface area contributed by atoms with Gasteiger partial charge in [0.05, 0.1) is 0 Å². The van der Waals surface area contributed by atoms with Crippen LogP contribution in [-0.2, 0) is 16.0 Å². The van der Waals surface area contributed by atoms with Gasteiger partial charge < -0.3 is 15.2 Å². The fourth-order valence-corrected chi connectivity index (χ4v) is 1.63. The Balaban J connectivity index is 2.72. The average molecular weight is 279 g/mol. The topological polar surface area (TPSA) is 61.5 Å². The second kappa shape index (κ2) is 6.27. The van der Waals surface area contributed by atoms with Crippen LogP contribution in [0.25, 0.3) is 0 Å². The monoisotopic (exact) mass is 279 g/mol. The van der Waals surface area contributed by atoms with Crippen LogP contribution < -0.4 is 10.5 Å². The first-order chi connectivity index (χ1) is 9.14. The van der Waals surface area contributed by atoms with Gasteiger partial charge >= 0.3 is 5.97 Å². The summed E-state index contributed by atoms with van der Waals surface area (Å²) in [4.78, 5) is 12.1. The first kappa shape index (κ1) is 16.5. The number of hydrogen-bond donors (Lipinski definition) is 1. The number of carbonyl (C=O) groups is 1. The van der Waals surface area contributed by atoms with E-state index in [1.165, 1.54) is 0 Å². The Labute approximate surface area is 121 Å². The number of hydrogen-bond acceptors (Lipinski definition) is 4. The van der Waals surface area contributed by atoms with Gasteiger partial charge in [-0.25, -0.2) is 4.79 Å². The molecule has 0 heterocycles. The van der Waals surface area contributed by atoms with Crippen molar-refractivity contribution in [3.8, 4) is 5.75 Å². The smallest absolute Gasteiger partial charge is 0.350 e. The van der Waals surface area contributed by atoms with Crippen LogP contribution in [0.1, 0.15) is 40.2 Å². The molecule has 0 bridgehead atoms. The van der Waals surface area contributed by atoms with E-state index in [0.717, 1.165) is 12.0 Å². The Hall–Kier alpha value is -1.55. The van der Waals surface area contributed by atoms with Gasteiger partial charge in [0.2, 0.25) is 0 Å². The molecule has 0 aliphatic carbocycles. The lowest BCUT2D eigenvalue weighted by Gasteiger charge is -2.29. The summed E-state index contributed by atoms with van der Waals surface area (Å²) in [6.45, 7) is 9.53. The van der Waals surface area contributed by atoms with E-state index in [9.17, 15) is 4.79 Å². The van der Waals surface area contributed by atoms with Crippen molar-refractivity contribution < 1.29 is 14.3 Å². The Bertz CT molecular complexity index is 444. The van der Waals surface area contributed by atoms with Crippen molar-refractivity contribution in [1.29, 1.82) is 0 Å². The predicted molar refractivity (Wildman–Crippen MR) is 79.8 cm³/mol. The summed E-state index contributed by atoms with van der Waals surface area (Å²) in [5.74, 6) is 0.262. The van der Waals surface area contributed by atoms with Crippen molar-refractivity contribution in [3.63, 3.8) is 0 Å². The van der Waals surface area contributed by atoms with Crippen LogP contribution in [0.3, 0.4) is 0 Å². The van der Waals surface area contributed by atoms with Gasteiger partial charge in [0.25, 0.3) is 0 Å². The van der Waals surface area contributed by atoms with Crippen LogP contribution in [0, 0.1) is 0 Å². The van der Waals surface area contributed by atoms with Gasteiger partial charge in [-0.15, -0.1) is 0 Å². The second-order valence-corrected chi connectivity index (χ2v) is 6.30. The number of benzene rings is 1. The molecule has 0 atom stereocenters. The lowest BCUT2D eigenvalue weighted by molar-refractivity contribution is -0.170. The molecular weight excluding hydrogens is 254 g/mol. The summed E-state index contributed by atoms with van der Waals surface area (Å²) in [5, 5.41) is 0. The highest BCUT2D eigenvalue weighted by molar-refractivity contribution is 5.79. The van der Waals surface area contributed by atoms with E-state index in [4.69, 9.17) is 15.2 Å². The highest BCUT2D eigenvalue weighted by Gasteiger charge is 2.34. The number of rotatable bonds is 5. The minimum atomic E-state index is -1.03. The molecule has 20 heavy (non-hydrogen) atoms. The van der Waals surface area contributed by atoms with Crippen LogP contribution in [-0.4, -0.2) is 23.7 Å². The van der Waals surface area contributed by atoms with Crippen LogP contribution in [0.15, 0.2) is 24.3 Å². The molecule has 4 nitrogen and oxygen atoms in total. The Morgan fingerprint density at radius 2 is 1.65 bits per heavy atom. The van der Waals surface area contributed by atoms with Gasteiger partial charge in [-0.05, 0) is 65.3 Å². The molecule has 1 aromatic rings. The van der Waals surface area contributed by atoms with E-state index in [2.05, 4.69) is 0 Å². The molecule has 0 aliphatic heterocycles. The zero-order valence-electron chi connectivity index (χ0n) is 13.0. The number of nitrogens with two attached hydrogens (primary N) is 1. The molecular formula is C16H25NO3. The van der Waals surface area contributed by atoms with Crippen molar-refractivity contribution in [2.45, 2.75) is 52.2 Å². The molecule has 2 N–H and O–H groups in total. The minimum absolute atomic E-state index is 0.379. The molecule has 0 unspecified atom stereocenters. The van der Waals surface area contributed by atoms with Crippen LogP contribution >= 0.6 is 0 Å². The zero-order valence-corrected chi connectivity index (χ0v) is 13.0.